The molecule has 2 aliphatic rings. The number of hydrogen-bond donors (Lipinski definition) is 5. The molecule has 3 amide bonds. The molecule has 10 nitrogen and oxygen atoms in total. The van der Waals surface area contributed by atoms with Crippen LogP contribution in [0.25, 0.3) is 0 Å². The Balaban J connectivity index is 2.07. The molecule has 2 aliphatic heterocycles. The molecule has 0 aromatic rings. The van der Waals surface area contributed by atoms with Crippen LogP contribution < -0.4 is 16.0 Å². The molecular formula is C19H32N4O6. The molecule has 164 valence electrons. The molecule has 5 unspecified atom stereocenters. The number of aliphatic hydroxyl groups excluding tert-OH is 1. The number of nitrogens with one attached hydrogen (secondary N) is 3. The lowest BCUT2D eigenvalue weighted by molar-refractivity contribution is -0.144. The van der Waals surface area contributed by atoms with Gasteiger partial charge in [-0.05, 0) is 38.1 Å². The number of aliphatic carboxylic acids is 1. The minimum atomic E-state index is -1.44. The summed E-state index contributed by atoms with van der Waals surface area (Å²) >= 11 is 0. The third-order valence-corrected chi connectivity index (χ3v) is 5.79. The summed E-state index contributed by atoms with van der Waals surface area (Å²) in [5, 5.41) is 26.3. The van der Waals surface area contributed by atoms with Crippen molar-refractivity contribution in [1.29, 1.82) is 0 Å². The number of hydrogen-bond acceptors (Lipinski definition) is 6. The van der Waals surface area contributed by atoms with E-state index >= 15 is 0 Å². The summed E-state index contributed by atoms with van der Waals surface area (Å²) in [6.45, 7) is 4.17. The van der Waals surface area contributed by atoms with E-state index < -0.39 is 42.5 Å². The Kier molecular flexibility index (Phi) is 8.39. The van der Waals surface area contributed by atoms with Crippen molar-refractivity contribution in [2.45, 2.75) is 70.1 Å². The van der Waals surface area contributed by atoms with Crippen LogP contribution in [0.15, 0.2) is 0 Å². The van der Waals surface area contributed by atoms with Crippen LogP contribution in [-0.4, -0.2) is 82.7 Å². The summed E-state index contributed by atoms with van der Waals surface area (Å²) < 4.78 is 0. The zero-order chi connectivity index (χ0) is 21.6. The quantitative estimate of drug-likeness (QED) is 0.320. The van der Waals surface area contributed by atoms with Crippen molar-refractivity contribution < 1.29 is 29.4 Å². The first-order chi connectivity index (χ1) is 13.8. The smallest absolute Gasteiger partial charge is 0.328 e. The van der Waals surface area contributed by atoms with Crippen LogP contribution in [-0.2, 0) is 19.2 Å². The van der Waals surface area contributed by atoms with Crippen LogP contribution in [0.2, 0.25) is 0 Å². The minimum absolute atomic E-state index is 0.0871. The number of likely N-dealkylation sites (tertiary alicyclic amines) is 1. The lowest BCUT2D eigenvalue weighted by Crippen LogP contribution is -2.58. The maximum atomic E-state index is 12.9. The maximum absolute atomic E-state index is 12.9. The number of nitrogens with zero attached hydrogens (tertiary/aromatic N) is 1. The van der Waals surface area contributed by atoms with E-state index in [1.807, 2.05) is 6.92 Å². The number of carbonyl (C=O) groups is 4. The number of rotatable bonds is 9. The molecule has 5 atom stereocenters. The van der Waals surface area contributed by atoms with Crippen molar-refractivity contribution in [2.24, 2.45) is 5.92 Å². The maximum Gasteiger partial charge on any atom is 0.328 e. The summed E-state index contributed by atoms with van der Waals surface area (Å²) in [7, 11) is 0. The summed E-state index contributed by atoms with van der Waals surface area (Å²) in [6, 6.07) is -3.30. The van der Waals surface area contributed by atoms with Gasteiger partial charge in [0.25, 0.3) is 0 Å². The van der Waals surface area contributed by atoms with Crippen molar-refractivity contribution >= 4 is 23.7 Å². The molecule has 2 fully saturated rings. The molecule has 10 heteroatoms. The number of carboxylic acids is 1. The summed E-state index contributed by atoms with van der Waals surface area (Å²) in [6.07, 6.45) is 3.48. The average molecular weight is 412 g/mol. The number of aliphatic hydroxyl groups is 1. The van der Waals surface area contributed by atoms with Crippen molar-refractivity contribution in [3.8, 4) is 0 Å². The van der Waals surface area contributed by atoms with Gasteiger partial charge in [-0.25, -0.2) is 4.79 Å². The van der Waals surface area contributed by atoms with Gasteiger partial charge in [-0.15, -0.1) is 0 Å². The van der Waals surface area contributed by atoms with Crippen LogP contribution in [0.3, 0.4) is 0 Å². The molecule has 2 heterocycles. The van der Waals surface area contributed by atoms with Crippen LogP contribution >= 0.6 is 0 Å². The monoisotopic (exact) mass is 412 g/mol. The van der Waals surface area contributed by atoms with Gasteiger partial charge in [0.2, 0.25) is 17.7 Å². The number of carboxylic acid groups (broad SMARTS) is 1. The van der Waals surface area contributed by atoms with Gasteiger partial charge >= 0.3 is 5.97 Å². The molecule has 0 spiro atoms. The Morgan fingerprint density at radius 1 is 1.17 bits per heavy atom. The Labute approximate surface area is 170 Å². The van der Waals surface area contributed by atoms with Gasteiger partial charge in [-0.1, -0.05) is 20.3 Å². The number of carbonyl (C=O) groups excluding carboxylic acids is 3. The van der Waals surface area contributed by atoms with E-state index in [-0.39, 0.29) is 17.9 Å². The third kappa shape index (κ3) is 5.66. The zero-order valence-electron chi connectivity index (χ0n) is 17.0. The Morgan fingerprint density at radius 2 is 1.90 bits per heavy atom. The molecule has 0 aromatic carbocycles. The van der Waals surface area contributed by atoms with Gasteiger partial charge in [0.15, 0.2) is 0 Å². The molecule has 5 N–H and O–H groups in total. The van der Waals surface area contributed by atoms with E-state index in [9.17, 15) is 19.2 Å². The highest BCUT2D eigenvalue weighted by atomic mass is 16.4. The van der Waals surface area contributed by atoms with Crippen LogP contribution in [0.4, 0.5) is 0 Å². The fourth-order valence-electron chi connectivity index (χ4n) is 3.80. The predicted octanol–water partition coefficient (Wildman–Crippen LogP) is -1.18. The molecular weight excluding hydrogens is 380 g/mol. The number of amides is 3. The molecule has 2 rings (SSSR count). The SMILES string of the molecule is CCC(C)C(NC(=O)C1CCCN1C(=O)C1CCCN1)C(=O)NC(CO)C(=O)O. The normalized spacial score (nSPS) is 24.6. The molecule has 29 heavy (non-hydrogen) atoms. The Hall–Kier alpha value is -2.20. The lowest BCUT2D eigenvalue weighted by atomic mass is 9.97. The van der Waals surface area contributed by atoms with Crippen LogP contribution in [0, 0.1) is 5.92 Å². The highest BCUT2D eigenvalue weighted by Crippen LogP contribution is 2.21. The zero-order valence-corrected chi connectivity index (χ0v) is 17.0. The van der Waals surface area contributed by atoms with E-state index in [0.717, 1.165) is 19.4 Å². The van der Waals surface area contributed by atoms with Crippen molar-refractivity contribution in [3.05, 3.63) is 0 Å². The Morgan fingerprint density at radius 3 is 2.45 bits per heavy atom. The van der Waals surface area contributed by atoms with E-state index in [2.05, 4.69) is 16.0 Å². The summed E-state index contributed by atoms with van der Waals surface area (Å²) in [5.74, 6) is -2.77. The second kappa shape index (κ2) is 10.5. The largest absolute Gasteiger partial charge is 0.480 e. The van der Waals surface area contributed by atoms with Gasteiger partial charge < -0.3 is 31.1 Å². The standard InChI is InChI=1S/C19H32N4O6/c1-3-11(2)15(17(26)21-13(10-24)19(28)29)22-16(25)14-7-5-9-23(14)18(27)12-6-4-8-20-12/h11-15,20,24H,3-10H2,1-2H3,(H,21,26)(H,22,25)(H,28,29). The second-order valence-electron chi connectivity index (χ2n) is 7.79. The first kappa shape index (κ1) is 23.1. The van der Waals surface area contributed by atoms with E-state index in [1.54, 1.807) is 11.8 Å². The fraction of sp³-hybridized carbons (Fsp3) is 0.789. The first-order valence-electron chi connectivity index (χ1n) is 10.3. The van der Waals surface area contributed by atoms with Gasteiger partial charge in [0, 0.05) is 6.54 Å². The molecule has 0 aliphatic carbocycles. The van der Waals surface area contributed by atoms with E-state index in [1.165, 1.54) is 0 Å². The predicted molar refractivity (Wildman–Crippen MR) is 104 cm³/mol. The average Bonchev–Trinajstić information content (AvgIpc) is 3.40. The van der Waals surface area contributed by atoms with Crippen LogP contribution in [0.5, 0.6) is 0 Å². The minimum Gasteiger partial charge on any atom is -0.480 e. The molecule has 2 saturated heterocycles. The molecule has 0 radical (unpaired) electrons. The second-order valence-corrected chi connectivity index (χ2v) is 7.79. The summed E-state index contributed by atoms with van der Waals surface area (Å²) in [4.78, 5) is 50.9. The van der Waals surface area contributed by atoms with Crippen molar-refractivity contribution in [1.82, 2.24) is 20.9 Å². The highest BCUT2D eigenvalue weighted by molar-refractivity contribution is 5.94. The molecule has 0 aromatic heterocycles. The third-order valence-electron chi connectivity index (χ3n) is 5.79. The van der Waals surface area contributed by atoms with Gasteiger partial charge in [-0.2, -0.15) is 0 Å². The molecule has 0 saturated carbocycles. The van der Waals surface area contributed by atoms with Crippen molar-refractivity contribution in [3.63, 3.8) is 0 Å². The van der Waals surface area contributed by atoms with Gasteiger partial charge in [0.1, 0.15) is 18.1 Å². The topological polar surface area (TPSA) is 148 Å². The van der Waals surface area contributed by atoms with Crippen molar-refractivity contribution in [2.75, 3.05) is 19.7 Å². The van der Waals surface area contributed by atoms with E-state index in [4.69, 9.17) is 10.2 Å². The van der Waals surface area contributed by atoms with Crippen LogP contribution in [0.1, 0.15) is 46.0 Å². The van der Waals surface area contributed by atoms with Gasteiger partial charge in [0.05, 0.1) is 12.6 Å². The summed E-state index contributed by atoms with van der Waals surface area (Å²) in [5.41, 5.74) is 0. The Bertz CT molecular complexity index is 622. The first-order valence-corrected chi connectivity index (χ1v) is 10.3. The lowest BCUT2D eigenvalue weighted by Gasteiger charge is -2.30. The highest BCUT2D eigenvalue weighted by Gasteiger charge is 2.39. The van der Waals surface area contributed by atoms with E-state index in [0.29, 0.717) is 25.8 Å². The fourth-order valence-corrected chi connectivity index (χ4v) is 3.80. The molecule has 0 bridgehead atoms. The van der Waals surface area contributed by atoms with Gasteiger partial charge in [-0.3, -0.25) is 14.4 Å².